The smallest absolute Gasteiger partial charge is 0.226 e. The summed E-state index contributed by atoms with van der Waals surface area (Å²) in [7, 11) is 1.86. The second-order valence-corrected chi connectivity index (χ2v) is 6.50. The van der Waals surface area contributed by atoms with Gasteiger partial charge in [-0.3, -0.25) is 9.59 Å². The molecule has 0 aromatic heterocycles. The lowest BCUT2D eigenvalue weighted by molar-refractivity contribution is -0.135. The molecule has 1 aliphatic heterocycles. The summed E-state index contributed by atoms with van der Waals surface area (Å²) in [5.74, 6) is 0.356. The molecule has 24 heavy (non-hydrogen) atoms. The van der Waals surface area contributed by atoms with Crippen molar-refractivity contribution in [1.82, 2.24) is 15.1 Å². The molecule has 5 heteroatoms. The minimum absolute atomic E-state index is 0.0182. The number of nitrogens with zero attached hydrogens (tertiary/aromatic N) is 2. The number of nitrogens with one attached hydrogen (secondary N) is 1. The number of hydrogen-bond acceptors (Lipinski definition) is 3. The van der Waals surface area contributed by atoms with Crippen LogP contribution in [-0.4, -0.2) is 61.4 Å². The molecule has 2 amide bonds. The van der Waals surface area contributed by atoms with Crippen LogP contribution in [0.1, 0.15) is 25.3 Å². The fraction of sp³-hybridized carbons (Fsp3) is 0.579. The SMILES string of the molecule is CNCC(C)C(=O)N1CCCN(C(=O)CCc2ccccc2)CC1. The average Bonchev–Trinajstić information content (AvgIpc) is 2.86. The lowest BCUT2D eigenvalue weighted by atomic mass is 10.1. The van der Waals surface area contributed by atoms with Crippen molar-refractivity contribution in [1.29, 1.82) is 0 Å². The minimum atomic E-state index is -0.0182. The zero-order valence-corrected chi connectivity index (χ0v) is 14.8. The van der Waals surface area contributed by atoms with Crippen LogP contribution >= 0.6 is 0 Å². The molecule has 0 saturated carbocycles. The van der Waals surface area contributed by atoms with Crippen molar-refractivity contribution in [2.24, 2.45) is 5.92 Å². The quantitative estimate of drug-likeness (QED) is 0.860. The molecular weight excluding hydrogens is 302 g/mol. The van der Waals surface area contributed by atoms with Crippen molar-refractivity contribution in [3.63, 3.8) is 0 Å². The Labute approximate surface area is 145 Å². The number of hydrogen-bond donors (Lipinski definition) is 1. The summed E-state index contributed by atoms with van der Waals surface area (Å²) < 4.78 is 0. The molecule has 1 atom stereocenters. The highest BCUT2D eigenvalue weighted by Gasteiger charge is 2.24. The maximum absolute atomic E-state index is 12.4. The number of carbonyl (C=O) groups excluding carboxylic acids is 2. The van der Waals surface area contributed by atoms with E-state index in [9.17, 15) is 9.59 Å². The van der Waals surface area contributed by atoms with Gasteiger partial charge in [0.15, 0.2) is 0 Å². The predicted octanol–water partition coefficient (Wildman–Crippen LogP) is 1.54. The zero-order chi connectivity index (χ0) is 17.4. The third kappa shape index (κ3) is 5.34. The maximum atomic E-state index is 12.4. The van der Waals surface area contributed by atoms with Crippen LogP contribution in [0.2, 0.25) is 0 Å². The summed E-state index contributed by atoms with van der Waals surface area (Å²) in [4.78, 5) is 28.7. The van der Waals surface area contributed by atoms with Gasteiger partial charge in [-0.25, -0.2) is 0 Å². The third-order valence-electron chi connectivity index (χ3n) is 4.56. The Morgan fingerprint density at radius 3 is 2.46 bits per heavy atom. The van der Waals surface area contributed by atoms with E-state index in [1.54, 1.807) is 0 Å². The van der Waals surface area contributed by atoms with Gasteiger partial charge in [-0.2, -0.15) is 0 Å². The summed E-state index contributed by atoms with van der Waals surface area (Å²) in [6.45, 7) is 5.42. The molecule has 1 aliphatic rings. The van der Waals surface area contributed by atoms with E-state index in [1.165, 1.54) is 5.56 Å². The number of rotatable bonds is 6. The van der Waals surface area contributed by atoms with Gasteiger partial charge in [0.25, 0.3) is 0 Å². The first-order chi connectivity index (χ1) is 11.6. The summed E-state index contributed by atoms with van der Waals surface area (Å²) in [6.07, 6.45) is 2.17. The van der Waals surface area contributed by atoms with Gasteiger partial charge in [0.2, 0.25) is 11.8 Å². The Morgan fingerprint density at radius 2 is 1.75 bits per heavy atom. The van der Waals surface area contributed by atoms with E-state index < -0.39 is 0 Å². The van der Waals surface area contributed by atoms with Gasteiger partial charge in [-0.05, 0) is 25.5 Å². The second-order valence-electron chi connectivity index (χ2n) is 6.50. The van der Waals surface area contributed by atoms with Crippen molar-refractivity contribution >= 4 is 11.8 Å². The number of carbonyl (C=O) groups is 2. The minimum Gasteiger partial charge on any atom is -0.341 e. The number of benzene rings is 1. The van der Waals surface area contributed by atoms with E-state index >= 15 is 0 Å². The third-order valence-corrected chi connectivity index (χ3v) is 4.56. The summed E-state index contributed by atoms with van der Waals surface area (Å²) in [5.41, 5.74) is 1.19. The molecule has 0 spiro atoms. The molecule has 1 saturated heterocycles. The van der Waals surface area contributed by atoms with Crippen LogP contribution in [0, 0.1) is 5.92 Å². The van der Waals surface area contributed by atoms with E-state index in [2.05, 4.69) is 17.4 Å². The van der Waals surface area contributed by atoms with E-state index in [0.717, 1.165) is 25.9 Å². The molecule has 1 N–H and O–H groups in total. The van der Waals surface area contributed by atoms with Gasteiger partial charge in [-0.15, -0.1) is 0 Å². The maximum Gasteiger partial charge on any atom is 0.226 e. The summed E-state index contributed by atoms with van der Waals surface area (Å²) in [6, 6.07) is 10.1. The molecule has 0 radical (unpaired) electrons. The second kappa shape index (κ2) is 9.42. The van der Waals surface area contributed by atoms with Crippen molar-refractivity contribution in [3.05, 3.63) is 35.9 Å². The molecule has 1 aromatic carbocycles. The predicted molar refractivity (Wildman–Crippen MR) is 95.6 cm³/mol. The average molecular weight is 331 g/mol. The van der Waals surface area contributed by atoms with Crippen LogP contribution < -0.4 is 5.32 Å². The lowest BCUT2D eigenvalue weighted by Crippen LogP contribution is -2.41. The molecule has 2 rings (SSSR count). The van der Waals surface area contributed by atoms with Crippen LogP contribution in [0.25, 0.3) is 0 Å². The van der Waals surface area contributed by atoms with E-state index in [1.807, 2.05) is 42.0 Å². The normalized spacial score (nSPS) is 16.6. The van der Waals surface area contributed by atoms with Gasteiger partial charge in [-0.1, -0.05) is 37.3 Å². The molecule has 1 aromatic rings. The topological polar surface area (TPSA) is 52.7 Å². The fourth-order valence-electron chi connectivity index (χ4n) is 3.15. The number of aryl methyl sites for hydroxylation is 1. The largest absolute Gasteiger partial charge is 0.341 e. The standard InChI is InChI=1S/C19H29N3O2/c1-16(15-20-2)19(24)22-12-6-11-21(13-14-22)18(23)10-9-17-7-4-3-5-8-17/h3-5,7-8,16,20H,6,9-15H2,1-2H3. The Morgan fingerprint density at radius 1 is 1.08 bits per heavy atom. The highest BCUT2D eigenvalue weighted by atomic mass is 16.2. The van der Waals surface area contributed by atoms with Crippen LogP contribution in [0.15, 0.2) is 30.3 Å². The van der Waals surface area contributed by atoms with Crippen LogP contribution in [0.3, 0.4) is 0 Å². The van der Waals surface area contributed by atoms with Crippen molar-refractivity contribution in [2.75, 3.05) is 39.8 Å². The van der Waals surface area contributed by atoms with E-state index in [-0.39, 0.29) is 17.7 Å². The molecule has 1 heterocycles. The van der Waals surface area contributed by atoms with E-state index in [0.29, 0.717) is 26.1 Å². The van der Waals surface area contributed by atoms with E-state index in [4.69, 9.17) is 0 Å². The molecule has 0 bridgehead atoms. The molecule has 132 valence electrons. The summed E-state index contributed by atoms with van der Waals surface area (Å²) >= 11 is 0. The van der Waals surface area contributed by atoms with Gasteiger partial charge in [0.05, 0.1) is 0 Å². The Hall–Kier alpha value is -1.88. The zero-order valence-electron chi connectivity index (χ0n) is 14.8. The first-order valence-corrected chi connectivity index (χ1v) is 8.87. The molecule has 1 unspecified atom stereocenters. The monoisotopic (exact) mass is 331 g/mol. The molecule has 5 nitrogen and oxygen atoms in total. The van der Waals surface area contributed by atoms with Crippen molar-refractivity contribution in [3.8, 4) is 0 Å². The highest BCUT2D eigenvalue weighted by molar-refractivity contribution is 5.79. The molecule has 0 aliphatic carbocycles. The first kappa shape index (κ1) is 18.5. The first-order valence-electron chi connectivity index (χ1n) is 8.87. The van der Waals surface area contributed by atoms with Crippen LogP contribution in [0.5, 0.6) is 0 Å². The van der Waals surface area contributed by atoms with Gasteiger partial charge in [0, 0.05) is 45.1 Å². The van der Waals surface area contributed by atoms with Crippen LogP contribution in [-0.2, 0) is 16.0 Å². The Bertz CT molecular complexity index is 533. The Balaban J connectivity index is 1.81. The fourth-order valence-corrected chi connectivity index (χ4v) is 3.15. The molecular formula is C19H29N3O2. The highest BCUT2D eigenvalue weighted by Crippen LogP contribution is 2.10. The van der Waals surface area contributed by atoms with Crippen molar-refractivity contribution in [2.45, 2.75) is 26.2 Å². The van der Waals surface area contributed by atoms with Crippen molar-refractivity contribution < 1.29 is 9.59 Å². The molecule has 1 fully saturated rings. The van der Waals surface area contributed by atoms with Gasteiger partial charge < -0.3 is 15.1 Å². The summed E-state index contributed by atoms with van der Waals surface area (Å²) in [5, 5.41) is 3.05. The van der Waals surface area contributed by atoms with Crippen LogP contribution in [0.4, 0.5) is 0 Å². The lowest BCUT2D eigenvalue weighted by Gasteiger charge is -2.24. The van der Waals surface area contributed by atoms with Gasteiger partial charge >= 0.3 is 0 Å². The Kier molecular flexibility index (Phi) is 7.25. The number of amides is 2. The van der Waals surface area contributed by atoms with Gasteiger partial charge in [0.1, 0.15) is 0 Å².